The Labute approximate surface area is 357 Å². The van der Waals surface area contributed by atoms with Gasteiger partial charge in [0.25, 0.3) is 5.91 Å². The van der Waals surface area contributed by atoms with Gasteiger partial charge in [-0.2, -0.15) is 14.7 Å². The second-order valence-electron chi connectivity index (χ2n) is 17.9. The van der Waals surface area contributed by atoms with Gasteiger partial charge in [0.1, 0.15) is 30.6 Å². The molecule has 0 radical (unpaired) electrons. The van der Waals surface area contributed by atoms with E-state index in [9.17, 15) is 13.2 Å². The highest BCUT2D eigenvalue weighted by Crippen LogP contribution is 2.45. The van der Waals surface area contributed by atoms with Gasteiger partial charge in [0.2, 0.25) is 10.0 Å². The van der Waals surface area contributed by atoms with Crippen molar-refractivity contribution in [2.45, 2.75) is 95.5 Å². The number of nitrogens with zero attached hydrogens (tertiary/aromatic N) is 6. The van der Waals surface area contributed by atoms with E-state index in [1.165, 1.54) is 0 Å². The largest absolute Gasteiger partial charge is 0.494 e. The van der Waals surface area contributed by atoms with Crippen LogP contribution < -0.4 is 9.62 Å². The van der Waals surface area contributed by atoms with Gasteiger partial charge in [-0.25, -0.2) is 18.1 Å². The molecule has 3 heterocycles. The van der Waals surface area contributed by atoms with Gasteiger partial charge < -0.3 is 28.6 Å². The van der Waals surface area contributed by atoms with E-state index in [1.54, 1.807) is 13.3 Å². The van der Waals surface area contributed by atoms with Gasteiger partial charge in [0.15, 0.2) is 5.65 Å². The fraction of sp³-hybridized carbons (Fsp3) is 0.571. The van der Waals surface area contributed by atoms with E-state index in [2.05, 4.69) is 60.6 Å². The van der Waals surface area contributed by atoms with Gasteiger partial charge in [0, 0.05) is 59.7 Å². The number of carbonyl (C=O) groups is 1. The molecule has 1 aliphatic carbocycles. The SMILES string of the molecule is C=C(OCC)c1c(C2CCC(OCCOC)(C(=O)NS(C)(=O)=O)CC2)nc2c(-c3cnn(-c4ccccc4)c3)cnn2c1N(COCC[Si](C)(C)C)COCC[Si](C)(C)C. The molecule has 0 aliphatic heterocycles. The number of fused-ring (bicyclic) bond motifs is 1. The molecule has 1 aromatic carbocycles. The first-order valence-corrected chi connectivity index (χ1v) is 30.0. The van der Waals surface area contributed by atoms with Crippen LogP contribution in [-0.2, 0) is 38.5 Å². The third-order valence-electron chi connectivity index (χ3n) is 10.5. The number of anilines is 1. The lowest BCUT2D eigenvalue weighted by Crippen LogP contribution is -2.52. The van der Waals surface area contributed by atoms with E-state index in [-0.39, 0.29) is 45.4 Å². The highest BCUT2D eigenvalue weighted by atomic mass is 32.2. The molecule has 4 aromatic rings. The molecule has 0 unspecified atom stereocenters. The van der Waals surface area contributed by atoms with Crippen molar-refractivity contribution < 1.29 is 36.9 Å². The summed E-state index contributed by atoms with van der Waals surface area (Å²) in [5.74, 6) is 0.193. The normalized spacial score (nSPS) is 17.5. The Morgan fingerprint density at radius 3 is 2.15 bits per heavy atom. The van der Waals surface area contributed by atoms with Crippen LogP contribution in [0.4, 0.5) is 5.82 Å². The van der Waals surface area contributed by atoms with Crippen molar-refractivity contribution in [2.24, 2.45) is 0 Å². The molecule has 1 aliphatic rings. The zero-order valence-corrected chi connectivity index (χ0v) is 39.8. The minimum Gasteiger partial charge on any atom is -0.494 e. The minimum absolute atomic E-state index is 0.124. The van der Waals surface area contributed by atoms with Gasteiger partial charge >= 0.3 is 0 Å². The predicted octanol–water partition coefficient (Wildman–Crippen LogP) is 7.16. The molecule has 18 heteroatoms. The highest BCUT2D eigenvalue weighted by Gasteiger charge is 2.45. The van der Waals surface area contributed by atoms with Crippen molar-refractivity contribution in [3.63, 3.8) is 0 Å². The van der Waals surface area contributed by atoms with E-state index in [0.717, 1.165) is 40.9 Å². The van der Waals surface area contributed by atoms with Crippen LogP contribution in [-0.4, -0.2) is 120 Å². The zero-order chi connectivity index (χ0) is 43.7. The molecule has 15 nitrogen and oxygen atoms in total. The number of para-hydroxylation sites is 1. The summed E-state index contributed by atoms with van der Waals surface area (Å²) in [6, 6.07) is 11.9. The van der Waals surface area contributed by atoms with Crippen molar-refractivity contribution in [1.82, 2.24) is 29.1 Å². The number of hydrogen-bond acceptors (Lipinski definition) is 12. The van der Waals surface area contributed by atoms with Crippen LogP contribution in [0.2, 0.25) is 51.4 Å². The second-order valence-corrected chi connectivity index (χ2v) is 30.9. The topological polar surface area (TPSA) is 161 Å². The van der Waals surface area contributed by atoms with Gasteiger partial charge in [-0.05, 0) is 56.8 Å². The molecule has 60 heavy (non-hydrogen) atoms. The Bertz CT molecular complexity index is 2140. The highest BCUT2D eigenvalue weighted by molar-refractivity contribution is 7.89. The quantitative estimate of drug-likeness (QED) is 0.0347. The van der Waals surface area contributed by atoms with Crippen molar-refractivity contribution in [2.75, 3.05) is 64.8 Å². The maximum absolute atomic E-state index is 13.6. The molecule has 0 saturated heterocycles. The fourth-order valence-corrected chi connectivity index (χ4v) is 9.16. The first-order valence-electron chi connectivity index (χ1n) is 20.7. The molecular formula is C42H65N7O8SSi2. The average molecular weight is 884 g/mol. The number of benzene rings is 1. The summed E-state index contributed by atoms with van der Waals surface area (Å²) >= 11 is 0. The summed E-state index contributed by atoms with van der Waals surface area (Å²) in [5.41, 5.74) is 3.12. The van der Waals surface area contributed by atoms with Crippen LogP contribution >= 0.6 is 0 Å². The first-order chi connectivity index (χ1) is 28.3. The maximum Gasteiger partial charge on any atom is 0.265 e. The number of hydrogen-bond donors (Lipinski definition) is 1. The molecule has 1 saturated carbocycles. The molecule has 3 aromatic heterocycles. The third kappa shape index (κ3) is 12.6. The van der Waals surface area contributed by atoms with Crippen molar-refractivity contribution in [1.29, 1.82) is 0 Å². The number of methoxy groups -OCH3 is 1. The fourth-order valence-electron chi connectivity index (χ4n) is 7.13. The monoisotopic (exact) mass is 883 g/mol. The molecule has 330 valence electrons. The summed E-state index contributed by atoms with van der Waals surface area (Å²) < 4.78 is 60.9. The van der Waals surface area contributed by atoms with E-state index in [4.69, 9.17) is 33.8 Å². The number of aromatic nitrogens is 5. The van der Waals surface area contributed by atoms with E-state index in [0.29, 0.717) is 55.4 Å². The third-order valence-corrected chi connectivity index (χ3v) is 14.5. The Balaban J connectivity index is 1.67. The minimum atomic E-state index is -3.84. The second kappa shape index (κ2) is 20.3. The maximum atomic E-state index is 13.6. The van der Waals surface area contributed by atoms with E-state index < -0.39 is 37.7 Å². The predicted molar refractivity (Wildman–Crippen MR) is 241 cm³/mol. The zero-order valence-electron chi connectivity index (χ0n) is 37.0. The van der Waals surface area contributed by atoms with Crippen LogP contribution in [0.3, 0.4) is 0 Å². The van der Waals surface area contributed by atoms with E-state index in [1.807, 2.05) is 58.8 Å². The van der Waals surface area contributed by atoms with Crippen LogP contribution in [0.1, 0.15) is 49.8 Å². The number of nitrogens with one attached hydrogen (secondary N) is 1. The lowest BCUT2D eigenvalue weighted by molar-refractivity contribution is -0.152. The molecule has 5 rings (SSSR count). The summed E-state index contributed by atoms with van der Waals surface area (Å²) in [4.78, 5) is 21.1. The van der Waals surface area contributed by atoms with E-state index >= 15 is 0 Å². The number of carbonyl (C=O) groups excluding carboxylic acids is 1. The van der Waals surface area contributed by atoms with Gasteiger partial charge in [-0.15, -0.1) is 0 Å². The lowest BCUT2D eigenvalue weighted by Gasteiger charge is -2.39. The lowest BCUT2D eigenvalue weighted by atomic mass is 9.76. The molecule has 1 amide bonds. The number of rotatable bonds is 23. The Hall–Kier alpha value is -3.92. The summed E-state index contributed by atoms with van der Waals surface area (Å²) in [6.45, 7) is 22.7. The van der Waals surface area contributed by atoms with Crippen LogP contribution in [0.5, 0.6) is 0 Å². The molecule has 0 bridgehead atoms. The number of ether oxygens (including phenoxy) is 5. The van der Waals surface area contributed by atoms with Crippen molar-refractivity contribution in [3.05, 3.63) is 66.8 Å². The smallest absolute Gasteiger partial charge is 0.265 e. The standard InChI is InChI=1S/C42H65N7O8SSi2/c1-11-56-32(2)37-38(33-17-19-42(20-18-33,57-22-21-53-3)41(50)46-58(4,51)52)45-39-36(34-27-43-48(29-34)35-15-13-12-14-16-35)28-44-49(39)40(37)47(30-54-23-25-59(5,6)7)31-55-24-26-60(8,9)10/h12-16,27-29,33H,2,11,17-26,30-31H2,1,3-10H3,(H,46,50). The Kier molecular flexibility index (Phi) is 16.0. The molecule has 1 fully saturated rings. The summed E-state index contributed by atoms with van der Waals surface area (Å²) in [5, 5.41) is 9.67. The summed E-state index contributed by atoms with van der Waals surface area (Å²) in [6.07, 6.45) is 7.92. The Morgan fingerprint density at radius 1 is 0.950 bits per heavy atom. The average Bonchev–Trinajstić information content (AvgIpc) is 3.84. The van der Waals surface area contributed by atoms with Crippen molar-refractivity contribution in [3.8, 4) is 16.8 Å². The number of sulfonamides is 1. The molecular weight excluding hydrogens is 819 g/mol. The van der Waals surface area contributed by atoms with Crippen LogP contribution in [0.25, 0.3) is 28.2 Å². The van der Waals surface area contributed by atoms with Gasteiger partial charge in [-0.1, -0.05) is 64.1 Å². The Morgan fingerprint density at radius 2 is 1.58 bits per heavy atom. The molecule has 0 spiro atoms. The van der Waals surface area contributed by atoms with Crippen molar-refractivity contribution >= 4 is 49.3 Å². The first kappa shape index (κ1) is 47.1. The summed E-state index contributed by atoms with van der Waals surface area (Å²) in [7, 11) is -5.08. The molecule has 1 N–H and O–H groups in total. The van der Waals surface area contributed by atoms with Gasteiger partial charge in [0.05, 0.1) is 55.4 Å². The van der Waals surface area contributed by atoms with Gasteiger partial charge in [-0.3, -0.25) is 9.52 Å². The van der Waals surface area contributed by atoms with Crippen LogP contribution in [0.15, 0.2) is 55.5 Å². The molecule has 0 atom stereocenters. The number of amides is 1. The van der Waals surface area contributed by atoms with Crippen LogP contribution in [0, 0.1) is 0 Å².